The average Bonchev–Trinajstić information content (AvgIpc) is 2.74. The van der Waals surface area contributed by atoms with E-state index in [2.05, 4.69) is 64.5 Å². The Morgan fingerprint density at radius 1 is 0.815 bits per heavy atom. The number of hydrogen-bond donors (Lipinski definition) is 3. The van der Waals surface area contributed by atoms with E-state index in [4.69, 9.17) is 0 Å². The summed E-state index contributed by atoms with van der Waals surface area (Å²) in [6.07, 6.45) is 8.02. The molecule has 1 atom stereocenters. The lowest BCUT2D eigenvalue weighted by Crippen LogP contribution is -2.42. The molecule has 0 saturated heterocycles. The standard InChI is InChI=1S/C24H33N3/c1-2-8-23(9-3-1)26-16-20-12-10-19(11-13-20)15-25-18-24-14-21-6-4-5-7-22(21)17-27-24/h4-7,10-13,23-27H,1-3,8-9,14-18H2. The van der Waals surface area contributed by atoms with Crippen LogP contribution in [-0.2, 0) is 26.1 Å². The monoisotopic (exact) mass is 363 g/mol. The van der Waals surface area contributed by atoms with Crippen molar-refractivity contribution in [2.45, 2.75) is 70.2 Å². The van der Waals surface area contributed by atoms with Crippen molar-refractivity contribution in [1.82, 2.24) is 16.0 Å². The Morgan fingerprint density at radius 3 is 2.30 bits per heavy atom. The molecule has 1 fully saturated rings. The molecule has 3 heteroatoms. The molecule has 0 aromatic heterocycles. The zero-order valence-electron chi connectivity index (χ0n) is 16.3. The van der Waals surface area contributed by atoms with Crippen molar-refractivity contribution in [3.63, 3.8) is 0 Å². The largest absolute Gasteiger partial charge is 0.311 e. The number of nitrogens with one attached hydrogen (secondary N) is 3. The van der Waals surface area contributed by atoms with Gasteiger partial charge in [-0.25, -0.2) is 0 Å². The molecule has 27 heavy (non-hydrogen) atoms. The second kappa shape index (κ2) is 9.50. The van der Waals surface area contributed by atoms with Crippen molar-refractivity contribution >= 4 is 0 Å². The summed E-state index contributed by atoms with van der Waals surface area (Å²) in [6.45, 7) is 3.95. The first-order chi connectivity index (χ1) is 13.4. The van der Waals surface area contributed by atoms with Crippen molar-refractivity contribution in [2.75, 3.05) is 6.54 Å². The fraction of sp³-hybridized carbons (Fsp3) is 0.500. The maximum atomic E-state index is 3.73. The van der Waals surface area contributed by atoms with Gasteiger partial charge in [-0.15, -0.1) is 0 Å². The third kappa shape index (κ3) is 5.41. The summed E-state index contributed by atoms with van der Waals surface area (Å²) in [5.74, 6) is 0. The molecule has 4 rings (SSSR count). The van der Waals surface area contributed by atoms with E-state index in [0.29, 0.717) is 6.04 Å². The summed E-state index contributed by atoms with van der Waals surface area (Å²) in [6, 6.07) is 19.1. The molecule has 0 bridgehead atoms. The molecule has 0 spiro atoms. The van der Waals surface area contributed by atoms with E-state index in [1.165, 1.54) is 54.4 Å². The van der Waals surface area contributed by atoms with Gasteiger partial charge < -0.3 is 16.0 Å². The van der Waals surface area contributed by atoms with Crippen LogP contribution in [-0.4, -0.2) is 18.6 Å². The van der Waals surface area contributed by atoms with Crippen LogP contribution in [0.3, 0.4) is 0 Å². The summed E-state index contributed by atoms with van der Waals surface area (Å²) >= 11 is 0. The molecular formula is C24H33N3. The Balaban J connectivity index is 1.18. The molecule has 144 valence electrons. The highest BCUT2D eigenvalue weighted by Gasteiger charge is 2.16. The highest BCUT2D eigenvalue weighted by atomic mass is 15.0. The Hall–Kier alpha value is -1.68. The summed E-state index contributed by atoms with van der Waals surface area (Å²) in [5, 5.41) is 11.0. The molecule has 0 amide bonds. The Labute approximate surface area is 164 Å². The first kappa shape index (κ1) is 18.7. The van der Waals surface area contributed by atoms with Crippen LogP contribution in [0, 0.1) is 0 Å². The Kier molecular flexibility index (Phi) is 6.57. The van der Waals surface area contributed by atoms with Gasteiger partial charge in [0.2, 0.25) is 0 Å². The van der Waals surface area contributed by atoms with Gasteiger partial charge in [-0.3, -0.25) is 0 Å². The maximum absolute atomic E-state index is 3.73. The zero-order valence-corrected chi connectivity index (χ0v) is 16.3. The minimum Gasteiger partial charge on any atom is -0.311 e. The molecule has 1 aliphatic carbocycles. The first-order valence-corrected chi connectivity index (χ1v) is 10.7. The van der Waals surface area contributed by atoms with Crippen LogP contribution in [0.15, 0.2) is 48.5 Å². The third-order valence-electron chi connectivity index (χ3n) is 6.11. The van der Waals surface area contributed by atoms with Crippen LogP contribution in [0.1, 0.15) is 54.4 Å². The van der Waals surface area contributed by atoms with Crippen LogP contribution < -0.4 is 16.0 Å². The number of hydrogen-bond acceptors (Lipinski definition) is 3. The molecule has 1 saturated carbocycles. The van der Waals surface area contributed by atoms with Crippen LogP contribution in [0.25, 0.3) is 0 Å². The molecule has 1 heterocycles. The molecule has 1 unspecified atom stereocenters. The Bertz CT molecular complexity index is 704. The third-order valence-corrected chi connectivity index (χ3v) is 6.11. The molecular weight excluding hydrogens is 330 g/mol. The van der Waals surface area contributed by atoms with Gasteiger partial charge >= 0.3 is 0 Å². The van der Waals surface area contributed by atoms with Gasteiger partial charge in [-0.05, 0) is 41.5 Å². The van der Waals surface area contributed by atoms with E-state index < -0.39 is 0 Å². The van der Waals surface area contributed by atoms with Crippen LogP contribution in [0.5, 0.6) is 0 Å². The minimum absolute atomic E-state index is 0.527. The first-order valence-electron chi connectivity index (χ1n) is 10.7. The number of benzene rings is 2. The molecule has 2 aliphatic rings. The van der Waals surface area contributed by atoms with E-state index in [1.807, 2.05) is 0 Å². The Morgan fingerprint density at radius 2 is 1.52 bits per heavy atom. The van der Waals surface area contributed by atoms with Crippen molar-refractivity contribution in [2.24, 2.45) is 0 Å². The quantitative estimate of drug-likeness (QED) is 0.698. The van der Waals surface area contributed by atoms with Gasteiger partial charge in [0.05, 0.1) is 0 Å². The minimum atomic E-state index is 0.527. The summed E-state index contributed by atoms with van der Waals surface area (Å²) < 4.78 is 0. The van der Waals surface area contributed by atoms with Gasteiger partial charge in [-0.2, -0.15) is 0 Å². The smallest absolute Gasteiger partial charge is 0.0236 e. The summed E-state index contributed by atoms with van der Waals surface area (Å²) in [4.78, 5) is 0. The fourth-order valence-corrected chi connectivity index (χ4v) is 4.40. The van der Waals surface area contributed by atoms with Gasteiger partial charge in [0.25, 0.3) is 0 Å². The highest BCUT2D eigenvalue weighted by molar-refractivity contribution is 5.30. The SMILES string of the molecule is c1ccc2c(c1)CNC(CNCc1ccc(CNC3CCCCC3)cc1)C2. The molecule has 3 N–H and O–H groups in total. The lowest BCUT2D eigenvalue weighted by molar-refractivity contribution is 0.372. The van der Waals surface area contributed by atoms with Crippen LogP contribution >= 0.6 is 0 Å². The van der Waals surface area contributed by atoms with E-state index in [9.17, 15) is 0 Å². The topological polar surface area (TPSA) is 36.1 Å². The normalized spacial score (nSPS) is 20.4. The molecule has 2 aromatic rings. The second-order valence-corrected chi connectivity index (χ2v) is 8.21. The average molecular weight is 364 g/mol. The lowest BCUT2D eigenvalue weighted by Gasteiger charge is -2.26. The summed E-state index contributed by atoms with van der Waals surface area (Å²) in [7, 11) is 0. The van der Waals surface area contributed by atoms with E-state index in [0.717, 1.165) is 38.6 Å². The summed E-state index contributed by atoms with van der Waals surface area (Å²) in [5.41, 5.74) is 5.71. The van der Waals surface area contributed by atoms with Gasteiger partial charge in [0.1, 0.15) is 0 Å². The second-order valence-electron chi connectivity index (χ2n) is 8.21. The maximum Gasteiger partial charge on any atom is 0.0236 e. The fourth-order valence-electron chi connectivity index (χ4n) is 4.40. The zero-order chi connectivity index (χ0) is 18.3. The van der Waals surface area contributed by atoms with Crippen molar-refractivity contribution in [1.29, 1.82) is 0 Å². The van der Waals surface area contributed by atoms with Crippen LogP contribution in [0.2, 0.25) is 0 Å². The highest BCUT2D eigenvalue weighted by Crippen LogP contribution is 2.18. The number of rotatable bonds is 7. The van der Waals surface area contributed by atoms with Gasteiger partial charge in [-0.1, -0.05) is 67.8 Å². The van der Waals surface area contributed by atoms with Crippen molar-refractivity contribution < 1.29 is 0 Å². The van der Waals surface area contributed by atoms with Gasteiger partial charge in [0.15, 0.2) is 0 Å². The van der Waals surface area contributed by atoms with E-state index in [1.54, 1.807) is 0 Å². The molecule has 2 aromatic carbocycles. The van der Waals surface area contributed by atoms with E-state index in [-0.39, 0.29) is 0 Å². The molecule has 3 nitrogen and oxygen atoms in total. The predicted molar refractivity (Wildman–Crippen MR) is 113 cm³/mol. The van der Waals surface area contributed by atoms with Crippen molar-refractivity contribution in [3.05, 3.63) is 70.8 Å². The number of fused-ring (bicyclic) bond motifs is 1. The van der Waals surface area contributed by atoms with Crippen LogP contribution in [0.4, 0.5) is 0 Å². The molecule has 0 radical (unpaired) electrons. The molecule has 1 aliphatic heterocycles. The van der Waals surface area contributed by atoms with E-state index >= 15 is 0 Å². The van der Waals surface area contributed by atoms with Gasteiger partial charge in [0, 0.05) is 38.3 Å². The lowest BCUT2D eigenvalue weighted by atomic mass is 9.95. The predicted octanol–water partition coefficient (Wildman–Crippen LogP) is 3.91. The van der Waals surface area contributed by atoms with Crippen molar-refractivity contribution in [3.8, 4) is 0 Å².